The van der Waals surface area contributed by atoms with E-state index < -0.39 is 48.4 Å². The molecule has 4 rings (SSSR count). The second-order valence-electron chi connectivity index (χ2n) is 8.89. The number of ketones is 1. The minimum Gasteiger partial charge on any atom is -0.507 e. The number of rotatable bonds is 3. The number of benzene rings is 2. The number of aryl methyl sites for hydroxylation is 1. The van der Waals surface area contributed by atoms with Crippen LogP contribution in [0.2, 0.25) is 0 Å². The topological polar surface area (TPSA) is 154 Å². The third-order valence-electron chi connectivity index (χ3n) is 6.08. The highest BCUT2D eigenvalue weighted by atomic mass is 16.7. The molecule has 1 aliphatic heterocycles. The molecule has 9 nitrogen and oxygen atoms in total. The summed E-state index contributed by atoms with van der Waals surface area (Å²) in [6, 6.07) is 7.45. The number of phenols is 2. The van der Waals surface area contributed by atoms with Crippen LogP contribution in [0.25, 0.3) is 0 Å². The molecule has 0 radical (unpaired) electrons. The molecule has 9 heteroatoms. The first-order valence-electron chi connectivity index (χ1n) is 10.8. The Morgan fingerprint density at radius 1 is 1.00 bits per heavy atom. The molecule has 5 N–H and O–H groups in total. The Kier molecular flexibility index (Phi) is 6.22. The van der Waals surface area contributed by atoms with Crippen molar-refractivity contribution >= 4 is 11.8 Å². The second kappa shape index (κ2) is 8.84. The first-order valence-corrected chi connectivity index (χ1v) is 10.8. The average molecular weight is 470 g/mol. The summed E-state index contributed by atoms with van der Waals surface area (Å²) in [6.45, 7) is 5.05. The van der Waals surface area contributed by atoms with Crippen molar-refractivity contribution in [3.05, 3.63) is 69.8 Å². The van der Waals surface area contributed by atoms with Crippen LogP contribution in [-0.4, -0.2) is 68.0 Å². The third kappa shape index (κ3) is 3.97. The fraction of sp³-hybridized carbons (Fsp3) is 0.360. The van der Waals surface area contributed by atoms with E-state index in [9.17, 15) is 35.1 Å². The number of carbonyl (C=O) groups is 2. The first-order chi connectivity index (χ1) is 16.0. The van der Waals surface area contributed by atoms with Gasteiger partial charge in [0.1, 0.15) is 29.8 Å². The van der Waals surface area contributed by atoms with E-state index in [-0.39, 0.29) is 22.6 Å². The normalized spacial score (nSPS) is 28.0. The van der Waals surface area contributed by atoms with Gasteiger partial charge in [-0.2, -0.15) is 0 Å². The lowest BCUT2D eigenvalue weighted by Crippen LogP contribution is -2.60. The number of aliphatic hydroxyl groups is 3. The highest BCUT2D eigenvalue weighted by Crippen LogP contribution is 2.47. The van der Waals surface area contributed by atoms with Gasteiger partial charge in [-0.05, 0) is 49.6 Å². The van der Waals surface area contributed by atoms with Crippen LogP contribution in [0.15, 0.2) is 42.0 Å². The fourth-order valence-corrected chi connectivity index (χ4v) is 4.68. The maximum atomic E-state index is 13.2. The summed E-state index contributed by atoms with van der Waals surface area (Å²) in [5, 5.41) is 53.3. The molecule has 180 valence electrons. The maximum absolute atomic E-state index is 13.2. The summed E-state index contributed by atoms with van der Waals surface area (Å²) < 4.78 is 10.8. The molecular formula is C25H26O9. The SMILES string of the molecule is CC(C)=CC(=O)O[C@@H]1[C@H](O)[C@@H](O)[C@H]([C@@H]2c3cccc(O)c3C(=O)c3c(O)cc(C)cc32)O[C@@H]1O. The number of esters is 1. The molecule has 0 bridgehead atoms. The molecule has 1 heterocycles. The van der Waals surface area contributed by atoms with E-state index in [1.807, 2.05) is 0 Å². The van der Waals surface area contributed by atoms with Crippen LogP contribution in [0.1, 0.15) is 52.4 Å². The Hall–Kier alpha value is -3.24. The van der Waals surface area contributed by atoms with Crippen molar-refractivity contribution in [1.82, 2.24) is 0 Å². The van der Waals surface area contributed by atoms with Crippen molar-refractivity contribution in [2.45, 2.75) is 57.4 Å². The minimum absolute atomic E-state index is 0.0681. The van der Waals surface area contributed by atoms with Crippen molar-refractivity contribution in [2.24, 2.45) is 0 Å². The lowest BCUT2D eigenvalue weighted by molar-refractivity contribution is -0.287. The molecule has 0 amide bonds. The monoisotopic (exact) mass is 470 g/mol. The standard InChI is InChI=1S/C25H26O9/c1-10(2)7-16(28)33-24-22(31)21(30)23(34-25(24)32)17-12-5-4-6-14(26)18(12)20(29)19-13(17)8-11(3)9-15(19)27/h4-9,17,21-27,30-32H,1-3H3/t17-,21-,22-,23+,24-,25+/m1/s1. The molecular weight excluding hydrogens is 444 g/mol. The van der Waals surface area contributed by atoms with Crippen molar-refractivity contribution in [2.75, 3.05) is 0 Å². The highest BCUT2D eigenvalue weighted by molar-refractivity contribution is 6.16. The van der Waals surface area contributed by atoms with Gasteiger partial charge in [-0.15, -0.1) is 0 Å². The molecule has 1 saturated heterocycles. The zero-order valence-electron chi connectivity index (χ0n) is 18.8. The van der Waals surface area contributed by atoms with E-state index in [0.717, 1.165) is 0 Å². The van der Waals surface area contributed by atoms with Crippen LogP contribution in [0.4, 0.5) is 0 Å². The van der Waals surface area contributed by atoms with Crippen molar-refractivity contribution in [1.29, 1.82) is 0 Å². The van der Waals surface area contributed by atoms with Crippen LogP contribution < -0.4 is 0 Å². The summed E-state index contributed by atoms with van der Waals surface area (Å²) in [5.74, 6) is -3.00. The smallest absolute Gasteiger partial charge is 0.331 e. The molecule has 0 aromatic heterocycles. The van der Waals surface area contributed by atoms with E-state index in [4.69, 9.17) is 9.47 Å². The Morgan fingerprint density at radius 2 is 1.68 bits per heavy atom. The third-order valence-corrected chi connectivity index (χ3v) is 6.08. The highest BCUT2D eigenvalue weighted by Gasteiger charge is 2.51. The molecule has 0 spiro atoms. The van der Waals surface area contributed by atoms with Gasteiger partial charge in [0.15, 0.2) is 12.4 Å². The maximum Gasteiger partial charge on any atom is 0.331 e. The number of hydrogen-bond acceptors (Lipinski definition) is 9. The number of aromatic hydroxyl groups is 2. The van der Waals surface area contributed by atoms with Crippen LogP contribution >= 0.6 is 0 Å². The van der Waals surface area contributed by atoms with Gasteiger partial charge in [0, 0.05) is 12.0 Å². The fourth-order valence-electron chi connectivity index (χ4n) is 4.68. The number of phenolic OH excluding ortho intramolecular Hbond substituents is 2. The van der Waals surface area contributed by atoms with Crippen LogP contribution in [-0.2, 0) is 14.3 Å². The quantitative estimate of drug-likeness (QED) is 0.331. The molecule has 0 saturated carbocycles. The van der Waals surface area contributed by atoms with Crippen LogP contribution in [0.5, 0.6) is 11.5 Å². The molecule has 34 heavy (non-hydrogen) atoms. The zero-order chi connectivity index (χ0) is 24.9. The van der Waals surface area contributed by atoms with Gasteiger partial charge >= 0.3 is 5.97 Å². The van der Waals surface area contributed by atoms with Gasteiger partial charge in [0.05, 0.1) is 11.1 Å². The number of aliphatic hydroxyl groups excluding tert-OH is 3. The van der Waals surface area contributed by atoms with Crippen LogP contribution in [0.3, 0.4) is 0 Å². The Bertz CT molecular complexity index is 1180. The number of carbonyl (C=O) groups excluding carboxylic acids is 2. The summed E-state index contributed by atoms with van der Waals surface area (Å²) in [5.41, 5.74) is 1.73. The molecule has 1 fully saturated rings. The second-order valence-corrected chi connectivity index (χ2v) is 8.89. The molecule has 2 aliphatic rings. The number of fused-ring (bicyclic) bond motifs is 2. The molecule has 6 atom stereocenters. The number of ether oxygens (including phenoxy) is 2. The number of hydrogen-bond donors (Lipinski definition) is 5. The lowest BCUT2D eigenvalue weighted by atomic mass is 9.71. The Balaban J connectivity index is 1.79. The van der Waals surface area contributed by atoms with E-state index in [1.165, 1.54) is 24.3 Å². The van der Waals surface area contributed by atoms with Gasteiger partial charge in [-0.1, -0.05) is 23.8 Å². The van der Waals surface area contributed by atoms with Gasteiger partial charge in [-0.3, -0.25) is 4.79 Å². The van der Waals surface area contributed by atoms with Gasteiger partial charge in [0.25, 0.3) is 0 Å². The zero-order valence-corrected chi connectivity index (χ0v) is 18.8. The lowest BCUT2D eigenvalue weighted by Gasteiger charge is -2.44. The summed E-state index contributed by atoms with van der Waals surface area (Å²) in [7, 11) is 0. The first kappa shape index (κ1) is 23.9. The molecule has 0 unspecified atom stereocenters. The van der Waals surface area contributed by atoms with E-state index in [0.29, 0.717) is 22.3 Å². The van der Waals surface area contributed by atoms with E-state index >= 15 is 0 Å². The average Bonchev–Trinajstić information content (AvgIpc) is 2.73. The summed E-state index contributed by atoms with van der Waals surface area (Å²) >= 11 is 0. The van der Waals surface area contributed by atoms with Gasteiger partial charge < -0.3 is 35.0 Å². The molecule has 1 aliphatic carbocycles. The summed E-state index contributed by atoms with van der Waals surface area (Å²) in [6.07, 6.45) is -6.87. The largest absolute Gasteiger partial charge is 0.507 e. The van der Waals surface area contributed by atoms with Gasteiger partial charge in [0.2, 0.25) is 5.78 Å². The Morgan fingerprint density at radius 3 is 2.35 bits per heavy atom. The predicted octanol–water partition coefficient (Wildman–Crippen LogP) is 1.40. The molecule has 2 aromatic rings. The van der Waals surface area contributed by atoms with Crippen LogP contribution in [0, 0.1) is 6.92 Å². The Labute approximate surface area is 195 Å². The van der Waals surface area contributed by atoms with E-state index in [2.05, 4.69) is 0 Å². The minimum atomic E-state index is -1.79. The number of allylic oxidation sites excluding steroid dienone is 1. The van der Waals surface area contributed by atoms with Crippen molar-refractivity contribution in [3.8, 4) is 11.5 Å². The molecule has 2 aromatic carbocycles. The van der Waals surface area contributed by atoms with E-state index in [1.54, 1.807) is 32.9 Å². The van der Waals surface area contributed by atoms with Crippen molar-refractivity contribution < 1.29 is 44.6 Å². The van der Waals surface area contributed by atoms with Crippen molar-refractivity contribution in [3.63, 3.8) is 0 Å². The summed E-state index contributed by atoms with van der Waals surface area (Å²) in [4.78, 5) is 25.2. The van der Waals surface area contributed by atoms with Gasteiger partial charge in [-0.25, -0.2) is 4.79 Å². The predicted molar refractivity (Wildman–Crippen MR) is 118 cm³/mol.